The number of nitrogens with one attached hydrogen (secondary N) is 2. The lowest BCUT2D eigenvalue weighted by atomic mass is 10.4. The first-order valence-corrected chi connectivity index (χ1v) is 11.2. The molecule has 0 aliphatic heterocycles. The molecule has 0 heterocycles. The summed E-state index contributed by atoms with van der Waals surface area (Å²) >= 11 is 1.80. The summed E-state index contributed by atoms with van der Waals surface area (Å²) in [6.07, 6.45) is 0.699. The quantitative estimate of drug-likeness (QED) is 0.156. The van der Waals surface area contributed by atoms with E-state index in [-0.39, 0.29) is 29.7 Å². The molecule has 0 aliphatic carbocycles. The summed E-state index contributed by atoms with van der Waals surface area (Å²) in [5, 5.41) is 6.52. The third-order valence-corrected chi connectivity index (χ3v) is 6.37. The van der Waals surface area contributed by atoms with Gasteiger partial charge in [-0.25, -0.2) is 12.7 Å². The highest BCUT2D eigenvalue weighted by atomic mass is 127. The number of thioether (sulfide) groups is 1. The lowest BCUT2D eigenvalue weighted by Gasteiger charge is -2.15. The number of sulfonamides is 1. The minimum absolute atomic E-state index is 0. The molecular formula is C17H31IN4O2S2. The molecular weight excluding hydrogens is 483 g/mol. The van der Waals surface area contributed by atoms with Crippen LogP contribution in [0.2, 0.25) is 0 Å². The molecule has 0 atom stereocenters. The van der Waals surface area contributed by atoms with E-state index in [9.17, 15) is 8.42 Å². The van der Waals surface area contributed by atoms with Crippen LogP contribution < -0.4 is 10.6 Å². The molecule has 0 aliphatic rings. The molecule has 0 saturated carbocycles. The van der Waals surface area contributed by atoms with Gasteiger partial charge in [-0.3, -0.25) is 4.99 Å². The van der Waals surface area contributed by atoms with E-state index >= 15 is 0 Å². The van der Waals surface area contributed by atoms with E-state index in [1.807, 2.05) is 25.1 Å². The lowest BCUT2D eigenvalue weighted by molar-refractivity contribution is 0.465. The maximum atomic E-state index is 11.7. The first kappa shape index (κ1) is 25.5. The summed E-state index contributed by atoms with van der Waals surface area (Å²) in [6.45, 7) is 6.37. The smallest absolute Gasteiger partial charge is 0.213 e. The maximum absolute atomic E-state index is 11.7. The average molecular weight is 514 g/mol. The summed E-state index contributed by atoms with van der Waals surface area (Å²) in [5.74, 6) is 1.86. The van der Waals surface area contributed by atoms with Crippen LogP contribution >= 0.6 is 35.7 Å². The molecule has 0 saturated heterocycles. The van der Waals surface area contributed by atoms with Gasteiger partial charge < -0.3 is 10.6 Å². The van der Waals surface area contributed by atoms with Crippen molar-refractivity contribution in [2.24, 2.45) is 4.99 Å². The third kappa shape index (κ3) is 10.6. The van der Waals surface area contributed by atoms with E-state index in [1.54, 1.807) is 25.7 Å². The molecule has 0 unspecified atom stereocenters. The summed E-state index contributed by atoms with van der Waals surface area (Å²) in [7, 11) is -1.48. The van der Waals surface area contributed by atoms with Gasteiger partial charge in [-0.05, 0) is 32.4 Å². The van der Waals surface area contributed by atoms with Crippen LogP contribution in [0.4, 0.5) is 0 Å². The number of benzene rings is 1. The zero-order valence-corrected chi connectivity index (χ0v) is 19.7. The molecule has 0 bridgehead atoms. The Hall–Kier alpha value is -0.520. The number of hydrogen-bond donors (Lipinski definition) is 2. The fourth-order valence-corrected chi connectivity index (χ4v) is 3.68. The van der Waals surface area contributed by atoms with Gasteiger partial charge in [0.2, 0.25) is 10.0 Å². The highest BCUT2D eigenvalue weighted by Crippen LogP contribution is 2.15. The van der Waals surface area contributed by atoms with Gasteiger partial charge in [0.05, 0.1) is 5.75 Å². The molecule has 9 heteroatoms. The molecule has 150 valence electrons. The van der Waals surface area contributed by atoms with E-state index in [0.29, 0.717) is 19.5 Å². The summed E-state index contributed by atoms with van der Waals surface area (Å²) in [6, 6.07) is 10.3. The number of rotatable bonds is 11. The fourth-order valence-electron chi connectivity index (χ4n) is 2.04. The van der Waals surface area contributed by atoms with Gasteiger partial charge in [-0.2, -0.15) is 0 Å². The predicted molar refractivity (Wildman–Crippen MR) is 123 cm³/mol. The SMILES string of the molecule is CCNC(=NCCCN(C)S(=O)(=O)CC)NCCSc1ccccc1.I. The third-order valence-electron chi connectivity index (χ3n) is 3.49. The van der Waals surface area contributed by atoms with Crippen LogP contribution in [0.3, 0.4) is 0 Å². The van der Waals surface area contributed by atoms with Gasteiger partial charge >= 0.3 is 0 Å². The van der Waals surface area contributed by atoms with Crippen molar-refractivity contribution < 1.29 is 8.42 Å². The second kappa shape index (κ2) is 14.5. The van der Waals surface area contributed by atoms with E-state index in [1.165, 1.54) is 9.20 Å². The minimum atomic E-state index is -3.10. The van der Waals surface area contributed by atoms with Crippen molar-refractivity contribution >= 4 is 51.7 Å². The number of halogens is 1. The van der Waals surface area contributed by atoms with Gasteiger partial charge in [0, 0.05) is 43.9 Å². The van der Waals surface area contributed by atoms with Gasteiger partial charge in [0.15, 0.2) is 5.96 Å². The summed E-state index contributed by atoms with van der Waals surface area (Å²) in [4.78, 5) is 5.76. The van der Waals surface area contributed by atoms with E-state index in [2.05, 4.69) is 27.8 Å². The molecule has 1 aromatic carbocycles. The maximum Gasteiger partial charge on any atom is 0.213 e. The first-order chi connectivity index (χ1) is 12.0. The Bertz CT molecular complexity index is 612. The van der Waals surface area contributed by atoms with Crippen molar-refractivity contribution in [1.82, 2.24) is 14.9 Å². The molecule has 2 N–H and O–H groups in total. The number of aliphatic imine (C=N–C) groups is 1. The minimum Gasteiger partial charge on any atom is -0.357 e. The second-order valence-corrected chi connectivity index (χ2v) is 8.96. The molecule has 0 spiro atoms. The van der Waals surface area contributed by atoms with Crippen molar-refractivity contribution in [1.29, 1.82) is 0 Å². The van der Waals surface area contributed by atoms with E-state index < -0.39 is 10.0 Å². The molecule has 6 nitrogen and oxygen atoms in total. The number of guanidine groups is 1. The molecule has 0 aromatic heterocycles. The van der Waals surface area contributed by atoms with Gasteiger partial charge in [0.25, 0.3) is 0 Å². The molecule has 0 amide bonds. The molecule has 26 heavy (non-hydrogen) atoms. The summed E-state index contributed by atoms with van der Waals surface area (Å²) in [5.41, 5.74) is 0. The normalized spacial score (nSPS) is 11.9. The lowest BCUT2D eigenvalue weighted by Crippen LogP contribution is -2.38. The Morgan fingerprint density at radius 1 is 1.19 bits per heavy atom. The zero-order chi connectivity index (χ0) is 18.5. The molecule has 1 rings (SSSR count). The number of nitrogens with zero attached hydrogens (tertiary/aromatic N) is 2. The molecule has 1 aromatic rings. The Balaban J connectivity index is 0.00000625. The van der Waals surface area contributed by atoms with Crippen LogP contribution in [0.25, 0.3) is 0 Å². The second-order valence-electron chi connectivity index (χ2n) is 5.42. The average Bonchev–Trinajstić information content (AvgIpc) is 2.62. The molecule has 0 radical (unpaired) electrons. The van der Waals surface area contributed by atoms with Crippen LogP contribution in [-0.2, 0) is 10.0 Å². The van der Waals surface area contributed by atoms with Crippen LogP contribution in [0.5, 0.6) is 0 Å². The van der Waals surface area contributed by atoms with Crippen molar-refractivity contribution in [2.75, 3.05) is 44.7 Å². The van der Waals surface area contributed by atoms with Crippen LogP contribution in [-0.4, -0.2) is 63.4 Å². The van der Waals surface area contributed by atoms with Gasteiger partial charge in [-0.1, -0.05) is 18.2 Å². The monoisotopic (exact) mass is 514 g/mol. The topological polar surface area (TPSA) is 73.8 Å². The Morgan fingerprint density at radius 3 is 2.50 bits per heavy atom. The highest BCUT2D eigenvalue weighted by molar-refractivity contribution is 14.0. The highest BCUT2D eigenvalue weighted by Gasteiger charge is 2.13. The van der Waals surface area contributed by atoms with Crippen LogP contribution in [0.15, 0.2) is 40.2 Å². The Morgan fingerprint density at radius 2 is 1.88 bits per heavy atom. The standard InChI is InChI=1S/C17H30N4O2S2.HI/c1-4-18-17(19-12-9-14-21(3)25(22,23)5-2)20-13-15-24-16-10-7-6-8-11-16;/h6-8,10-11H,4-5,9,12-15H2,1-3H3,(H2,18,19,20);1H. The van der Waals surface area contributed by atoms with Gasteiger partial charge in [0.1, 0.15) is 0 Å². The molecule has 0 fully saturated rings. The first-order valence-electron chi connectivity index (χ1n) is 8.63. The Kier molecular flexibility index (Phi) is 14.2. The van der Waals surface area contributed by atoms with E-state index in [4.69, 9.17) is 0 Å². The predicted octanol–water partition coefficient (Wildman–Crippen LogP) is 2.62. The summed E-state index contributed by atoms with van der Waals surface area (Å²) < 4.78 is 24.8. The van der Waals surface area contributed by atoms with Crippen molar-refractivity contribution in [3.05, 3.63) is 30.3 Å². The van der Waals surface area contributed by atoms with Crippen molar-refractivity contribution in [3.8, 4) is 0 Å². The fraction of sp³-hybridized carbons (Fsp3) is 0.588. The van der Waals surface area contributed by atoms with Crippen LogP contribution in [0.1, 0.15) is 20.3 Å². The van der Waals surface area contributed by atoms with Crippen molar-refractivity contribution in [2.45, 2.75) is 25.2 Å². The Labute approximate surface area is 179 Å². The van der Waals surface area contributed by atoms with E-state index in [0.717, 1.165) is 24.8 Å². The number of hydrogen-bond acceptors (Lipinski definition) is 4. The van der Waals surface area contributed by atoms with Gasteiger partial charge in [-0.15, -0.1) is 35.7 Å². The van der Waals surface area contributed by atoms with Crippen LogP contribution in [0, 0.1) is 0 Å². The zero-order valence-electron chi connectivity index (χ0n) is 15.8. The van der Waals surface area contributed by atoms with Crippen molar-refractivity contribution in [3.63, 3.8) is 0 Å². The largest absolute Gasteiger partial charge is 0.357 e.